The summed E-state index contributed by atoms with van der Waals surface area (Å²) in [5.41, 5.74) is 6.65. The predicted molar refractivity (Wildman–Crippen MR) is 70.6 cm³/mol. The van der Waals surface area contributed by atoms with Crippen LogP contribution in [0.2, 0.25) is 0 Å². The van der Waals surface area contributed by atoms with Crippen molar-refractivity contribution in [1.82, 2.24) is 5.32 Å². The second kappa shape index (κ2) is 4.13. The Labute approximate surface area is 104 Å². The normalized spacial score (nSPS) is 19.9. The molecule has 1 atom stereocenters. The molecule has 2 heterocycles. The highest BCUT2D eigenvalue weighted by Crippen LogP contribution is 2.38. The van der Waals surface area contributed by atoms with Gasteiger partial charge < -0.3 is 11.1 Å². The first-order valence-electron chi connectivity index (χ1n) is 5.79. The number of nitrogens with two attached hydrogens (primary N) is 1. The number of nitrogens with one attached hydrogen (secondary N) is 1. The topological polar surface area (TPSA) is 55.1 Å². The zero-order valence-electron chi connectivity index (χ0n) is 9.40. The van der Waals surface area contributed by atoms with Crippen molar-refractivity contribution in [3.05, 3.63) is 34.7 Å². The molecule has 17 heavy (non-hydrogen) atoms. The Morgan fingerprint density at radius 2 is 2.24 bits per heavy atom. The lowest BCUT2D eigenvalue weighted by molar-refractivity contribution is 0.100. The summed E-state index contributed by atoms with van der Waals surface area (Å²) in [5.74, 6) is 0.127. The zero-order valence-corrected chi connectivity index (χ0v) is 10.2. The van der Waals surface area contributed by atoms with E-state index in [1.807, 2.05) is 12.1 Å². The Morgan fingerprint density at radius 3 is 2.94 bits per heavy atom. The number of rotatable bonds is 2. The van der Waals surface area contributed by atoms with E-state index < -0.39 is 0 Å². The van der Waals surface area contributed by atoms with Gasteiger partial charge in [-0.3, -0.25) is 4.79 Å². The number of carbonyl (C=O) groups excluding carboxylic acids is 1. The van der Waals surface area contributed by atoms with E-state index in [9.17, 15) is 4.79 Å². The van der Waals surface area contributed by atoms with Gasteiger partial charge in [0.15, 0.2) is 0 Å². The number of amides is 1. The molecule has 1 aromatic heterocycles. The highest BCUT2D eigenvalue weighted by atomic mass is 32.1. The Kier molecular flexibility index (Phi) is 2.61. The molecule has 1 aliphatic rings. The van der Waals surface area contributed by atoms with E-state index in [2.05, 4.69) is 17.4 Å². The Balaban J connectivity index is 2.24. The fourth-order valence-corrected chi connectivity index (χ4v) is 3.70. The Hall–Kier alpha value is -1.39. The number of primary amides is 1. The molecule has 3 rings (SSSR count). The summed E-state index contributed by atoms with van der Waals surface area (Å²) in [6.07, 6.45) is 1.08. The average molecular weight is 246 g/mol. The number of thiophene rings is 1. The van der Waals surface area contributed by atoms with Crippen LogP contribution < -0.4 is 11.1 Å². The maximum absolute atomic E-state index is 11.6. The van der Waals surface area contributed by atoms with E-state index in [0.717, 1.165) is 34.7 Å². The Bertz CT molecular complexity index is 570. The van der Waals surface area contributed by atoms with Crippen molar-refractivity contribution < 1.29 is 4.79 Å². The van der Waals surface area contributed by atoms with Crippen LogP contribution in [0.25, 0.3) is 10.1 Å². The van der Waals surface area contributed by atoms with E-state index in [1.165, 1.54) is 16.7 Å². The van der Waals surface area contributed by atoms with Crippen LogP contribution >= 0.6 is 11.3 Å². The van der Waals surface area contributed by atoms with Gasteiger partial charge >= 0.3 is 0 Å². The van der Waals surface area contributed by atoms with E-state index in [4.69, 9.17) is 5.73 Å². The molecular weight excluding hydrogens is 232 g/mol. The van der Waals surface area contributed by atoms with Crippen LogP contribution in [0.3, 0.4) is 0 Å². The molecule has 1 unspecified atom stereocenters. The van der Waals surface area contributed by atoms with Crippen LogP contribution in [0.4, 0.5) is 0 Å². The summed E-state index contributed by atoms with van der Waals surface area (Å²) >= 11 is 1.52. The summed E-state index contributed by atoms with van der Waals surface area (Å²) in [7, 11) is 0. The van der Waals surface area contributed by atoms with Gasteiger partial charge in [-0.2, -0.15) is 0 Å². The first-order chi connectivity index (χ1) is 8.27. The standard InChI is InChI=1S/C13H14N2OS/c14-13(16)12-11(8-5-6-15-7-8)9-3-1-2-4-10(9)17-12/h1-4,8,15H,5-7H2,(H2,14,16). The van der Waals surface area contributed by atoms with Gasteiger partial charge in [-0.25, -0.2) is 0 Å². The molecule has 3 N–H and O–H groups in total. The predicted octanol–water partition coefficient (Wildman–Crippen LogP) is 2.08. The summed E-state index contributed by atoms with van der Waals surface area (Å²) in [5, 5.41) is 4.54. The number of carbonyl (C=O) groups is 1. The minimum absolute atomic E-state index is 0.298. The van der Waals surface area contributed by atoms with Gasteiger partial charge in [0.1, 0.15) is 0 Å². The van der Waals surface area contributed by atoms with E-state index in [1.54, 1.807) is 0 Å². The third-order valence-electron chi connectivity index (χ3n) is 3.33. The van der Waals surface area contributed by atoms with Gasteiger partial charge in [0.25, 0.3) is 5.91 Å². The second-order valence-electron chi connectivity index (χ2n) is 4.39. The lowest BCUT2D eigenvalue weighted by Crippen LogP contribution is -2.14. The van der Waals surface area contributed by atoms with Gasteiger partial charge in [0.2, 0.25) is 0 Å². The van der Waals surface area contributed by atoms with Gasteiger partial charge in [0.05, 0.1) is 4.88 Å². The highest BCUT2D eigenvalue weighted by Gasteiger charge is 2.25. The molecule has 3 nitrogen and oxygen atoms in total. The summed E-state index contributed by atoms with van der Waals surface area (Å²) in [4.78, 5) is 12.3. The van der Waals surface area contributed by atoms with E-state index >= 15 is 0 Å². The molecule has 1 amide bonds. The molecule has 0 radical (unpaired) electrons. The summed E-state index contributed by atoms with van der Waals surface area (Å²) < 4.78 is 1.16. The Morgan fingerprint density at radius 1 is 1.41 bits per heavy atom. The smallest absolute Gasteiger partial charge is 0.259 e. The molecule has 0 saturated carbocycles. The van der Waals surface area contributed by atoms with Crippen LogP contribution in [0.5, 0.6) is 0 Å². The highest BCUT2D eigenvalue weighted by molar-refractivity contribution is 7.21. The SMILES string of the molecule is NC(=O)c1sc2ccccc2c1C1CCNC1. The molecular formula is C13H14N2OS. The zero-order chi connectivity index (χ0) is 11.8. The van der Waals surface area contributed by atoms with Crippen LogP contribution in [0, 0.1) is 0 Å². The molecule has 1 aliphatic heterocycles. The van der Waals surface area contributed by atoms with Crippen molar-refractivity contribution in [2.24, 2.45) is 5.73 Å². The molecule has 1 aromatic carbocycles. The first kappa shape index (κ1) is 10.7. The largest absolute Gasteiger partial charge is 0.365 e. The van der Waals surface area contributed by atoms with Gasteiger partial charge in [-0.15, -0.1) is 11.3 Å². The summed E-state index contributed by atoms with van der Waals surface area (Å²) in [6, 6.07) is 8.16. The lowest BCUT2D eigenvalue weighted by Gasteiger charge is -2.09. The monoisotopic (exact) mass is 246 g/mol. The minimum atomic E-state index is -0.298. The fourth-order valence-electron chi connectivity index (χ4n) is 2.55. The van der Waals surface area contributed by atoms with Gasteiger partial charge in [0, 0.05) is 11.2 Å². The summed E-state index contributed by atoms with van der Waals surface area (Å²) in [6.45, 7) is 1.97. The maximum Gasteiger partial charge on any atom is 0.259 e. The molecule has 4 heteroatoms. The molecule has 0 aliphatic carbocycles. The molecule has 1 saturated heterocycles. The van der Waals surface area contributed by atoms with Crippen LogP contribution in [0.1, 0.15) is 27.6 Å². The van der Waals surface area contributed by atoms with Crippen LogP contribution in [-0.4, -0.2) is 19.0 Å². The van der Waals surface area contributed by atoms with Gasteiger partial charge in [-0.05, 0) is 35.9 Å². The molecule has 0 bridgehead atoms. The maximum atomic E-state index is 11.6. The average Bonchev–Trinajstić information content (AvgIpc) is 2.94. The first-order valence-corrected chi connectivity index (χ1v) is 6.61. The van der Waals surface area contributed by atoms with Crippen molar-refractivity contribution in [2.75, 3.05) is 13.1 Å². The van der Waals surface area contributed by atoms with Crippen LogP contribution in [0.15, 0.2) is 24.3 Å². The number of hydrogen-bond acceptors (Lipinski definition) is 3. The van der Waals surface area contributed by atoms with Gasteiger partial charge in [-0.1, -0.05) is 18.2 Å². The molecule has 0 spiro atoms. The second-order valence-corrected chi connectivity index (χ2v) is 5.45. The number of hydrogen-bond donors (Lipinski definition) is 2. The quantitative estimate of drug-likeness (QED) is 0.852. The van der Waals surface area contributed by atoms with E-state index in [-0.39, 0.29) is 5.91 Å². The van der Waals surface area contributed by atoms with Crippen molar-refractivity contribution >= 4 is 27.3 Å². The molecule has 1 fully saturated rings. The molecule has 88 valence electrons. The fraction of sp³-hybridized carbons (Fsp3) is 0.308. The third-order valence-corrected chi connectivity index (χ3v) is 4.53. The van der Waals surface area contributed by atoms with Crippen molar-refractivity contribution in [3.8, 4) is 0 Å². The van der Waals surface area contributed by atoms with Crippen molar-refractivity contribution in [2.45, 2.75) is 12.3 Å². The molecule has 2 aromatic rings. The lowest BCUT2D eigenvalue weighted by atomic mass is 9.95. The van der Waals surface area contributed by atoms with E-state index in [0.29, 0.717) is 5.92 Å². The number of fused-ring (bicyclic) bond motifs is 1. The van der Waals surface area contributed by atoms with Crippen LogP contribution in [-0.2, 0) is 0 Å². The van der Waals surface area contributed by atoms with Crippen molar-refractivity contribution in [1.29, 1.82) is 0 Å². The van der Waals surface area contributed by atoms with Crippen molar-refractivity contribution in [3.63, 3.8) is 0 Å². The third kappa shape index (κ3) is 1.73. The number of benzene rings is 1. The minimum Gasteiger partial charge on any atom is -0.365 e.